The van der Waals surface area contributed by atoms with Gasteiger partial charge in [0.2, 0.25) is 0 Å². The first-order chi connectivity index (χ1) is 16.2. The minimum atomic E-state index is -0.602. The van der Waals surface area contributed by atoms with Gasteiger partial charge in [-0.05, 0) is 54.8 Å². The molecule has 6 heteroatoms. The number of carbonyl (C=O) groups excluding carboxylic acids is 2. The van der Waals surface area contributed by atoms with E-state index >= 15 is 0 Å². The molecule has 0 saturated heterocycles. The molecule has 0 spiro atoms. The first-order valence-electron chi connectivity index (χ1n) is 10.3. The van der Waals surface area contributed by atoms with Gasteiger partial charge in [0, 0.05) is 22.8 Å². The molecule has 0 bridgehead atoms. The fraction of sp³-hybridized carbons (Fsp3) is 0.0714. The van der Waals surface area contributed by atoms with Crippen molar-refractivity contribution in [1.82, 2.24) is 0 Å². The van der Waals surface area contributed by atoms with Crippen LogP contribution in [0.5, 0.6) is 11.5 Å². The largest absolute Gasteiger partial charge is 0.462 e. The van der Waals surface area contributed by atoms with Crippen molar-refractivity contribution in [2.24, 2.45) is 0 Å². The topological polar surface area (TPSA) is 61.8 Å². The van der Waals surface area contributed by atoms with Crippen molar-refractivity contribution in [1.29, 1.82) is 0 Å². The molecular weight excluding hydrogens is 435 g/mol. The van der Waals surface area contributed by atoms with Crippen molar-refractivity contribution in [3.05, 3.63) is 109 Å². The molecular formula is C28H23FO5. The molecule has 0 aliphatic rings. The van der Waals surface area contributed by atoms with Gasteiger partial charge < -0.3 is 14.2 Å². The van der Waals surface area contributed by atoms with E-state index in [0.717, 1.165) is 17.4 Å². The number of benzene rings is 3. The number of ether oxygens (including phenoxy) is 3. The van der Waals surface area contributed by atoms with Gasteiger partial charge in [0.15, 0.2) is 0 Å². The second-order valence-electron chi connectivity index (χ2n) is 7.49. The minimum Gasteiger partial charge on any atom is -0.462 e. The van der Waals surface area contributed by atoms with Crippen LogP contribution < -0.4 is 9.47 Å². The van der Waals surface area contributed by atoms with E-state index in [1.165, 1.54) is 19.3 Å². The lowest BCUT2D eigenvalue weighted by Gasteiger charge is -2.09. The monoisotopic (exact) mass is 458 g/mol. The summed E-state index contributed by atoms with van der Waals surface area (Å²) in [7, 11) is 0. The molecule has 0 unspecified atom stereocenters. The molecule has 0 fully saturated rings. The highest BCUT2D eigenvalue weighted by molar-refractivity contribution is 5.89. The Hall–Kier alpha value is -4.45. The SMILES string of the molecule is C=C(C)C(=O)O/C=C\Oc1ccc(-c2ccc(-c3ccc(OC(=O)C(=C)C)cc3F)cc2)cc1. The molecule has 3 aromatic rings. The normalized spacial score (nSPS) is 10.6. The van der Waals surface area contributed by atoms with Crippen LogP contribution in [0, 0.1) is 5.82 Å². The standard InChI is InChI=1S/C28H23FO5/c1-18(2)27(30)33-16-15-32-23-11-9-21(10-12-23)20-5-7-22(8-6-20)25-14-13-24(17-26(25)29)34-28(31)19(3)4/h5-17H,1,3H2,2,4H3/b16-15-. The van der Waals surface area contributed by atoms with Gasteiger partial charge in [-0.2, -0.15) is 0 Å². The lowest BCUT2D eigenvalue weighted by atomic mass is 10.00. The molecule has 0 radical (unpaired) electrons. The summed E-state index contributed by atoms with van der Waals surface area (Å²) >= 11 is 0. The summed E-state index contributed by atoms with van der Waals surface area (Å²) in [4.78, 5) is 22.9. The maximum atomic E-state index is 14.6. The van der Waals surface area contributed by atoms with E-state index in [1.807, 2.05) is 36.4 Å². The average Bonchev–Trinajstić information content (AvgIpc) is 2.82. The molecule has 0 N–H and O–H groups in total. The van der Waals surface area contributed by atoms with Crippen LogP contribution in [0.1, 0.15) is 13.8 Å². The van der Waals surface area contributed by atoms with Gasteiger partial charge in [0.05, 0.1) is 0 Å². The van der Waals surface area contributed by atoms with E-state index in [1.54, 1.807) is 31.2 Å². The van der Waals surface area contributed by atoms with Crippen LogP contribution in [-0.2, 0) is 14.3 Å². The summed E-state index contributed by atoms with van der Waals surface area (Å²) in [5, 5.41) is 0. The molecule has 0 aliphatic heterocycles. The predicted octanol–water partition coefficient (Wildman–Crippen LogP) is 6.61. The lowest BCUT2D eigenvalue weighted by molar-refractivity contribution is -0.133. The highest BCUT2D eigenvalue weighted by Crippen LogP contribution is 2.29. The first kappa shape index (κ1) is 24.2. The van der Waals surface area contributed by atoms with E-state index in [0.29, 0.717) is 22.4 Å². The van der Waals surface area contributed by atoms with Gasteiger partial charge >= 0.3 is 11.9 Å². The number of esters is 2. The number of hydrogen-bond acceptors (Lipinski definition) is 5. The van der Waals surface area contributed by atoms with Crippen molar-refractivity contribution in [2.45, 2.75) is 13.8 Å². The summed E-state index contributed by atoms with van der Waals surface area (Å²) in [6, 6.07) is 19.0. The van der Waals surface area contributed by atoms with E-state index in [-0.39, 0.29) is 11.3 Å². The average molecular weight is 458 g/mol. The second kappa shape index (κ2) is 10.9. The predicted molar refractivity (Wildman–Crippen MR) is 128 cm³/mol. The number of hydrogen-bond donors (Lipinski definition) is 0. The van der Waals surface area contributed by atoms with Crippen LogP contribution in [0.25, 0.3) is 22.3 Å². The summed E-state index contributed by atoms with van der Waals surface area (Å²) < 4.78 is 29.9. The molecule has 172 valence electrons. The minimum absolute atomic E-state index is 0.122. The van der Waals surface area contributed by atoms with Gasteiger partial charge in [-0.3, -0.25) is 0 Å². The van der Waals surface area contributed by atoms with Gasteiger partial charge in [-0.25, -0.2) is 14.0 Å². The molecule has 0 amide bonds. The quantitative estimate of drug-likeness (QED) is 0.164. The molecule has 3 rings (SSSR count). The highest BCUT2D eigenvalue weighted by Gasteiger charge is 2.11. The lowest BCUT2D eigenvalue weighted by Crippen LogP contribution is -2.08. The van der Waals surface area contributed by atoms with Crippen LogP contribution in [0.4, 0.5) is 4.39 Å². The summed E-state index contributed by atoms with van der Waals surface area (Å²) in [5.74, 6) is -0.936. The third-order valence-electron chi connectivity index (χ3n) is 4.67. The smallest absolute Gasteiger partial charge is 0.338 e. The Kier molecular flexibility index (Phi) is 7.77. The van der Waals surface area contributed by atoms with Crippen LogP contribution >= 0.6 is 0 Å². The van der Waals surface area contributed by atoms with E-state index in [2.05, 4.69) is 13.2 Å². The Morgan fingerprint density at radius 1 is 0.735 bits per heavy atom. The van der Waals surface area contributed by atoms with Crippen molar-refractivity contribution >= 4 is 11.9 Å². The van der Waals surface area contributed by atoms with Crippen molar-refractivity contribution in [2.75, 3.05) is 0 Å². The molecule has 0 aliphatic carbocycles. The number of carbonyl (C=O) groups is 2. The zero-order valence-corrected chi connectivity index (χ0v) is 18.8. The van der Waals surface area contributed by atoms with E-state index < -0.39 is 17.8 Å². The maximum Gasteiger partial charge on any atom is 0.338 e. The molecule has 0 atom stereocenters. The van der Waals surface area contributed by atoms with Crippen molar-refractivity contribution in [3.63, 3.8) is 0 Å². The van der Waals surface area contributed by atoms with Gasteiger partial charge in [0.25, 0.3) is 0 Å². The Labute approximate surface area is 197 Å². The van der Waals surface area contributed by atoms with Crippen LogP contribution in [0.3, 0.4) is 0 Å². The van der Waals surface area contributed by atoms with Gasteiger partial charge in [-0.1, -0.05) is 49.6 Å². The Morgan fingerprint density at radius 3 is 1.82 bits per heavy atom. The molecule has 0 heterocycles. The Balaban J connectivity index is 1.66. The maximum absolute atomic E-state index is 14.6. The third kappa shape index (κ3) is 6.29. The Bertz CT molecular complexity index is 1250. The fourth-order valence-corrected chi connectivity index (χ4v) is 2.85. The van der Waals surface area contributed by atoms with Crippen molar-refractivity contribution in [3.8, 4) is 33.8 Å². The first-order valence-corrected chi connectivity index (χ1v) is 10.3. The summed E-state index contributed by atoms with van der Waals surface area (Å²) in [6.45, 7) is 10.1. The summed E-state index contributed by atoms with van der Waals surface area (Å²) in [6.07, 6.45) is 2.42. The molecule has 5 nitrogen and oxygen atoms in total. The molecule has 3 aromatic carbocycles. The number of rotatable bonds is 8. The molecule has 34 heavy (non-hydrogen) atoms. The van der Waals surface area contributed by atoms with Crippen LogP contribution in [0.15, 0.2) is 104 Å². The van der Waals surface area contributed by atoms with E-state index in [4.69, 9.17) is 14.2 Å². The molecule has 0 saturated carbocycles. The summed E-state index contributed by atoms with van der Waals surface area (Å²) in [5.41, 5.74) is 3.50. The van der Waals surface area contributed by atoms with Crippen molar-refractivity contribution < 1.29 is 28.2 Å². The van der Waals surface area contributed by atoms with Gasteiger partial charge in [-0.15, -0.1) is 0 Å². The number of halogens is 1. The zero-order valence-electron chi connectivity index (χ0n) is 18.8. The second-order valence-corrected chi connectivity index (χ2v) is 7.49. The highest BCUT2D eigenvalue weighted by atomic mass is 19.1. The third-order valence-corrected chi connectivity index (χ3v) is 4.67. The van der Waals surface area contributed by atoms with E-state index in [9.17, 15) is 14.0 Å². The zero-order chi connectivity index (χ0) is 24.7. The van der Waals surface area contributed by atoms with Gasteiger partial charge in [0.1, 0.15) is 29.8 Å². The van der Waals surface area contributed by atoms with Crippen LogP contribution in [0.2, 0.25) is 0 Å². The fourth-order valence-electron chi connectivity index (χ4n) is 2.85. The van der Waals surface area contributed by atoms with Crippen LogP contribution in [-0.4, -0.2) is 11.9 Å². The molecule has 0 aromatic heterocycles. The Morgan fingerprint density at radius 2 is 1.26 bits per heavy atom.